The Morgan fingerprint density at radius 3 is 2.72 bits per heavy atom. The SMILES string of the molecule is CCNC(C)CC(=O)N1CCCN(C)CC1CC. The molecule has 1 N–H and O–H groups in total. The molecule has 0 aliphatic carbocycles. The second kappa shape index (κ2) is 7.74. The second-order valence-corrected chi connectivity index (χ2v) is 5.43. The minimum Gasteiger partial charge on any atom is -0.338 e. The summed E-state index contributed by atoms with van der Waals surface area (Å²) in [7, 11) is 2.15. The van der Waals surface area contributed by atoms with Gasteiger partial charge < -0.3 is 15.1 Å². The molecule has 0 spiro atoms. The van der Waals surface area contributed by atoms with E-state index >= 15 is 0 Å². The van der Waals surface area contributed by atoms with Crippen molar-refractivity contribution in [2.75, 3.05) is 33.2 Å². The molecule has 1 amide bonds. The van der Waals surface area contributed by atoms with Crippen LogP contribution in [0.1, 0.15) is 40.0 Å². The monoisotopic (exact) mass is 255 g/mol. The highest BCUT2D eigenvalue weighted by atomic mass is 16.2. The summed E-state index contributed by atoms with van der Waals surface area (Å²) in [5, 5.41) is 3.31. The van der Waals surface area contributed by atoms with Gasteiger partial charge in [-0.3, -0.25) is 4.79 Å². The summed E-state index contributed by atoms with van der Waals surface area (Å²) in [6, 6.07) is 0.666. The molecular formula is C14H29N3O. The topological polar surface area (TPSA) is 35.6 Å². The van der Waals surface area contributed by atoms with Gasteiger partial charge in [0, 0.05) is 31.6 Å². The Labute approximate surface area is 112 Å². The van der Waals surface area contributed by atoms with E-state index < -0.39 is 0 Å². The van der Waals surface area contributed by atoms with Gasteiger partial charge in [-0.1, -0.05) is 13.8 Å². The molecule has 1 fully saturated rings. The number of nitrogens with one attached hydrogen (secondary N) is 1. The van der Waals surface area contributed by atoms with Gasteiger partial charge in [-0.15, -0.1) is 0 Å². The van der Waals surface area contributed by atoms with E-state index in [2.05, 4.69) is 42.9 Å². The third-order valence-electron chi connectivity index (χ3n) is 3.73. The number of carbonyl (C=O) groups is 1. The summed E-state index contributed by atoms with van der Waals surface area (Å²) in [4.78, 5) is 16.8. The molecule has 0 bridgehead atoms. The van der Waals surface area contributed by atoms with Crippen LogP contribution in [0.15, 0.2) is 0 Å². The third kappa shape index (κ3) is 4.58. The van der Waals surface area contributed by atoms with Crippen molar-refractivity contribution in [2.24, 2.45) is 0 Å². The highest BCUT2D eigenvalue weighted by Gasteiger charge is 2.26. The van der Waals surface area contributed by atoms with Crippen molar-refractivity contribution in [1.29, 1.82) is 0 Å². The van der Waals surface area contributed by atoms with Gasteiger partial charge in [-0.25, -0.2) is 0 Å². The van der Waals surface area contributed by atoms with E-state index in [0.29, 0.717) is 18.4 Å². The molecule has 106 valence electrons. The van der Waals surface area contributed by atoms with Crippen LogP contribution in [-0.2, 0) is 4.79 Å². The average Bonchev–Trinajstić information content (AvgIpc) is 2.50. The summed E-state index contributed by atoms with van der Waals surface area (Å²) >= 11 is 0. The lowest BCUT2D eigenvalue weighted by atomic mass is 10.1. The van der Waals surface area contributed by atoms with Crippen molar-refractivity contribution < 1.29 is 4.79 Å². The molecule has 0 aromatic rings. The predicted molar refractivity (Wildman–Crippen MR) is 75.7 cm³/mol. The lowest BCUT2D eigenvalue weighted by Crippen LogP contribution is -2.45. The van der Waals surface area contributed by atoms with Crippen molar-refractivity contribution in [3.63, 3.8) is 0 Å². The number of hydrogen-bond donors (Lipinski definition) is 1. The first kappa shape index (κ1) is 15.4. The highest BCUT2D eigenvalue weighted by Crippen LogP contribution is 2.14. The molecule has 1 heterocycles. The number of rotatable bonds is 5. The minimum atomic E-state index is 0.279. The van der Waals surface area contributed by atoms with Crippen LogP contribution in [0.5, 0.6) is 0 Å². The molecule has 4 heteroatoms. The summed E-state index contributed by atoms with van der Waals surface area (Å²) in [6.07, 6.45) is 2.76. The van der Waals surface area contributed by atoms with E-state index in [1.807, 2.05) is 0 Å². The smallest absolute Gasteiger partial charge is 0.224 e. The van der Waals surface area contributed by atoms with E-state index in [1.165, 1.54) is 0 Å². The molecule has 1 aliphatic rings. The largest absolute Gasteiger partial charge is 0.338 e. The quantitative estimate of drug-likeness (QED) is 0.805. The van der Waals surface area contributed by atoms with E-state index in [0.717, 1.165) is 39.0 Å². The second-order valence-electron chi connectivity index (χ2n) is 5.43. The van der Waals surface area contributed by atoms with Crippen molar-refractivity contribution in [2.45, 2.75) is 52.1 Å². The summed E-state index contributed by atoms with van der Waals surface area (Å²) in [5.41, 5.74) is 0. The molecule has 0 radical (unpaired) electrons. The van der Waals surface area contributed by atoms with Crippen molar-refractivity contribution in [3.05, 3.63) is 0 Å². The molecule has 1 rings (SSSR count). The standard InChI is InChI=1S/C14H29N3O/c1-5-13-11-16(4)8-7-9-17(13)14(18)10-12(3)15-6-2/h12-13,15H,5-11H2,1-4H3. The van der Waals surface area contributed by atoms with Gasteiger partial charge in [-0.05, 0) is 39.9 Å². The lowest BCUT2D eigenvalue weighted by molar-refractivity contribution is -0.133. The average molecular weight is 255 g/mol. The minimum absolute atomic E-state index is 0.279. The lowest BCUT2D eigenvalue weighted by Gasteiger charge is -2.31. The van der Waals surface area contributed by atoms with Crippen LogP contribution < -0.4 is 5.32 Å². The molecule has 0 saturated carbocycles. The molecule has 0 aromatic carbocycles. The van der Waals surface area contributed by atoms with Crippen LogP contribution in [0.4, 0.5) is 0 Å². The highest BCUT2D eigenvalue weighted by molar-refractivity contribution is 5.77. The fourth-order valence-electron chi connectivity index (χ4n) is 2.72. The molecule has 2 unspecified atom stereocenters. The van der Waals surface area contributed by atoms with Crippen LogP contribution in [-0.4, -0.2) is 61.0 Å². The predicted octanol–water partition coefficient (Wildman–Crippen LogP) is 1.32. The van der Waals surface area contributed by atoms with Crippen LogP contribution in [0, 0.1) is 0 Å². The number of hydrogen-bond acceptors (Lipinski definition) is 3. The Hall–Kier alpha value is -0.610. The van der Waals surface area contributed by atoms with Gasteiger partial charge in [0.15, 0.2) is 0 Å². The van der Waals surface area contributed by atoms with Crippen molar-refractivity contribution in [3.8, 4) is 0 Å². The molecule has 18 heavy (non-hydrogen) atoms. The molecular weight excluding hydrogens is 226 g/mol. The molecule has 4 nitrogen and oxygen atoms in total. The van der Waals surface area contributed by atoms with E-state index in [-0.39, 0.29) is 6.04 Å². The third-order valence-corrected chi connectivity index (χ3v) is 3.73. The van der Waals surface area contributed by atoms with Crippen molar-refractivity contribution in [1.82, 2.24) is 15.1 Å². The number of amides is 1. The van der Waals surface area contributed by atoms with Gasteiger partial charge in [0.05, 0.1) is 0 Å². The first-order valence-electron chi connectivity index (χ1n) is 7.29. The molecule has 2 atom stereocenters. The van der Waals surface area contributed by atoms with Crippen LogP contribution in [0.3, 0.4) is 0 Å². The van der Waals surface area contributed by atoms with Gasteiger partial charge in [-0.2, -0.15) is 0 Å². The fourth-order valence-corrected chi connectivity index (χ4v) is 2.72. The summed E-state index contributed by atoms with van der Waals surface area (Å²) < 4.78 is 0. The van der Waals surface area contributed by atoms with E-state index in [1.54, 1.807) is 0 Å². The first-order valence-corrected chi connectivity index (χ1v) is 7.29. The van der Waals surface area contributed by atoms with Gasteiger partial charge in [0.2, 0.25) is 5.91 Å². The Balaban J connectivity index is 2.57. The first-order chi connectivity index (χ1) is 8.58. The Morgan fingerprint density at radius 1 is 1.39 bits per heavy atom. The van der Waals surface area contributed by atoms with Crippen LogP contribution in [0.2, 0.25) is 0 Å². The summed E-state index contributed by atoms with van der Waals surface area (Å²) in [6.45, 7) is 10.3. The maximum Gasteiger partial charge on any atom is 0.224 e. The number of carbonyl (C=O) groups excluding carboxylic acids is 1. The Kier molecular flexibility index (Phi) is 6.65. The van der Waals surface area contributed by atoms with Gasteiger partial charge in [0.25, 0.3) is 0 Å². The maximum absolute atomic E-state index is 12.4. The van der Waals surface area contributed by atoms with Crippen LogP contribution >= 0.6 is 0 Å². The molecule has 1 saturated heterocycles. The number of likely N-dealkylation sites (N-methyl/N-ethyl adjacent to an activating group) is 1. The maximum atomic E-state index is 12.4. The molecule has 0 aromatic heterocycles. The van der Waals surface area contributed by atoms with E-state index in [9.17, 15) is 4.79 Å². The Morgan fingerprint density at radius 2 is 2.11 bits per heavy atom. The van der Waals surface area contributed by atoms with E-state index in [4.69, 9.17) is 0 Å². The normalized spacial score (nSPS) is 23.8. The zero-order valence-electron chi connectivity index (χ0n) is 12.4. The number of nitrogens with zero attached hydrogens (tertiary/aromatic N) is 2. The zero-order valence-corrected chi connectivity index (χ0v) is 12.4. The zero-order chi connectivity index (χ0) is 13.5. The Bertz CT molecular complexity index is 257. The van der Waals surface area contributed by atoms with Crippen molar-refractivity contribution >= 4 is 5.91 Å². The fraction of sp³-hybridized carbons (Fsp3) is 0.929. The van der Waals surface area contributed by atoms with Gasteiger partial charge in [0.1, 0.15) is 0 Å². The van der Waals surface area contributed by atoms with Crippen LogP contribution in [0.25, 0.3) is 0 Å². The molecule has 1 aliphatic heterocycles. The van der Waals surface area contributed by atoms with Gasteiger partial charge >= 0.3 is 0 Å². The summed E-state index contributed by atoms with van der Waals surface area (Å²) in [5.74, 6) is 0.311.